The number of rotatable bonds is 0. The first kappa shape index (κ1) is 7.92. The fraction of sp³-hybridized carbons (Fsp3) is 0.250. The summed E-state index contributed by atoms with van der Waals surface area (Å²) in [7, 11) is 0. The van der Waals surface area contributed by atoms with E-state index in [1.165, 1.54) is 6.42 Å². The molecule has 0 amide bonds. The smallest absolute Gasteiger partial charge is 0.150 e. The minimum Gasteiger partial charge on any atom is -0.458 e. The molecule has 0 fully saturated rings. The average Bonchev–Trinajstić information content (AvgIpc) is 2.26. The predicted molar refractivity (Wildman–Crippen MR) is 55.9 cm³/mol. The van der Waals surface area contributed by atoms with E-state index in [1.54, 1.807) is 0 Å². The lowest BCUT2D eigenvalue weighted by Crippen LogP contribution is -2.17. The van der Waals surface area contributed by atoms with Gasteiger partial charge in [-0.05, 0) is 25.0 Å². The zero-order valence-corrected chi connectivity index (χ0v) is 7.92. The lowest BCUT2D eigenvalue weighted by atomic mass is 10.0. The van der Waals surface area contributed by atoms with E-state index >= 15 is 0 Å². The van der Waals surface area contributed by atoms with Gasteiger partial charge in [0.25, 0.3) is 0 Å². The molecule has 2 aliphatic rings. The SMILES string of the molecule is [CH]1CCCC2=C1Nc1ccccc1O2. The molecule has 2 heteroatoms. The molecular weight excluding hydrogens is 174 g/mol. The molecule has 0 unspecified atom stereocenters. The lowest BCUT2D eigenvalue weighted by molar-refractivity contribution is 0.380. The first-order chi connectivity index (χ1) is 6.93. The van der Waals surface area contributed by atoms with Crippen LogP contribution in [0.25, 0.3) is 0 Å². The van der Waals surface area contributed by atoms with Gasteiger partial charge in [0.05, 0.1) is 11.4 Å². The average molecular weight is 186 g/mol. The third-order valence-corrected chi connectivity index (χ3v) is 2.65. The van der Waals surface area contributed by atoms with Crippen molar-refractivity contribution in [2.24, 2.45) is 0 Å². The van der Waals surface area contributed by atoms with Crippen molar-refractivity contribution >= 4 is 5.69 Å². The number of benzene rings is 1. The second-order valence-corrected chi connectivity index (χ2v) is 3.66. The fourth-order valence-electron chi connectivity index (χ4n) is 1.92. The first-order valence-corrected chi connectivity index (χ1v) is 5.04. The van der Waals surface area contributed by atoms with Gasteiger partial charge in [-0.3, -0.25) is 0 Å². The summed E-state index contributed by atoms with van der Waals surface area (Å²) >= 11 is 0. The van der Waals surface area contributed by atoms with E-state index in [-0.39, 0.29) is 0 Å². The van der Waals surface area contributed by atoms with Crippen molar-refractivity contribution in [1.29, 1.82) is 0 Å². The highest BCUT2D eigenvalue weighted by Gasteiger charge is 2.21. The van der Waals surface area contributed by atoms with Crippen LogP contribution in [0, 0.1) is 6.42 Å². The van der Waals surface area contributed by atoms with Gasteiger partial charge in [0.15, 0.2) is 0 Å². The van der Waals surface area contributed by atoms with Crippen LogP contribution >= 0.6 is 0 Å². The summed E-state index contributed by atoms with van der Waals surface area (Å²) in [6.07, 6.45) is 5.61. The monoisotopic (exact) mass is 186 g/mol. The molecule has 1 heterocycles. The largest absolute Gasteiger partial charge is 0.458 e. The maximum absolute atomic E-state index is 5.82. The van der Waals surface area contributed by atoms with Crippen LogP contribution in [0.1, 0.15) is 19.3 Å². The molecule has 0 bridgehead atoms. The second-order valence-electron chi connectivity index (χ2n) is 3.66. The molecule has 2 nitrogen and oxygen atoms in total. The van der Waals surface area contributed by atoms with Crippen molar-refractivity contribution in [3.63, 3.8) is 0 Å². The molecule has 0 saturated carbocycles. The standard InChI is InChI=1S/C12H12NO/c1-3-7-11-9(5-1)13-10-6-2-4-8-12(10)14-11/h1,3,5-7,13H,2,4,8H2. The lowest BCUT2D eigenvalue weighted by Gasteiger charge is -2.27. The molecule has 0 aromatic heterocycles. The van der Waals surface area contributed by atoms with Crippen molar-refractivity contribution in [1.82, 2.24) is 0 Å². The summed E-state index contributed by atoms with van der Waals surface area (Å²) in [4.78, 5) is 0. The van der Waals surface area contributed by atoms with Crippen molar-refractivity contribution in [2.45, 2.75) is 19.3 Å². The van der Waals surface area contributed by atoms with Crippen molar-refractivity contribution in [3.8, 4) is 5.75 Å². The van der Waals surface area contributed by atoms with E-state index in [4.69, 9.17) is 4.74 Å². The topological polar surface area (TPSA) is 21.3 Å². The van der Waals surface area contributed by atoms with Crippen molar-refractivity contribution < 1.29 is 4.74 Å². The summed E-state index contributed by atoms with van der Waals surface area (Å²) in [6.45, 7) is 0. The Morgan fingerprint density at radius 3 is 3.14 bits per heavy atom. The van der Waals surface area contributed by atoms with E-state index < -0.39 is 0 Å². The molecule has 1 aliphatic heterocycles. The molecule has 1 radical (unpaired) electrons. The number of ether oxygens (including phenoxy) is 1. The molecule has 1 aromatic carbocycles. The number of hydrogen-bond donors (Lipinski definition) is 1. The molecule has 0 saturated heterocycles. The number of fused-ring (bicyclic) bond motifs is 1. The fourth-order valence-corrected chi connectivity index (χ4v) is 1.92. The Kier molecular flexibility index (Phi) is 1.72. The van der Waals surface area contributed by atoms with Gasteiger partial charge in [-0.1, -0.05) is 12.1 Å². The molecule has 1 N–H and O–H groups in total. The quantitative estimate of drug-likeness (QED) is 0.672. The van der Waals surface area contributed by atoms with Crippen LogP contribution in [0.3, 0.4) is 0 Å². The van der Waals surface area contributed by atoms with Crippen LogP contribution in [-0.2, 0) is 0 Å². The zero-order valence-electron chi connectivity index (χ0n) is 7.92. The van der Waals surface area contributed by atoms with Gasteiger partial charge in [0.2, 0.25) is 0 Å². The van der Waals surface area contributed by atoms with Gasteiger partial charge in [-0.15, -0.1) is 0 Å². The van der Waals surface area contributed by atoms with Crippen LogP contribution < -0.4 is 10.1 Å². The second kappa shape index (κ2) is 3.05. The minimum atomic E-state index is 0.946. The third-order valence-electron chi connectivity index (χ3n) is 2.65. The van der Waals surface area contributed by atoms with Gasteiger partial charge < -0.3 is 10.1 Å². The van der Waals surface area contributed by atoms with E-state index in [9.17, 15) is 0 Å². The van der Waals surface area contributed by atoms with Crippen LogP contribution in [-0.4, -0.2) is 0 Å². The molecule has 0 spiro atoms. The molecule has 1 aromatic rings. The van der Waals surface area contributed by atoms with Crippen LogP contribution in [0.15, 0.2) is 35.7 Å². The number of anilines is 1. The maximum Gasteiger partial charge on any atom is 0.150 e. The summed E-state index contributed by atoms with van der Waals surface area (Å²) < 4.78 is 5.82. The van der Waals surface area contributed by atoms with E-state index in [0.29, 0.717) is 0 Å². The maximum atomic E-state index is 5.82. The van der Waals surface area contributed by atoms with Crippen LogP contribution in [0.2, 0.25) is 0 Å². The Morgan fingerprint density at radius 1 is 1.21 bits per heavy atom. The molecule has 1 aliphatic carbocycles. The van der Waals surface area contributed by atoms with Crippen LogP contribution in [0.4, 0.5) is 5.69 Å². The van der Waals surface area contributed by atoms with Gasteiger partial charge in [-0.25, -0.2) is 0 Å². The van der Waals surface area contributed by atoms with E-state index in [2.05, 4.69) is 11.7 Å². The molecule has 14 heavy (non-hydrogen) atoms. The van der Waals surface area contributed by atoms with Crippen LogP contribution in [0.5, 0.6) is 5.75 Å². The number of hydrogen-bond acceptors (Lipinski definition) is 2. The Balaban J connectivity index is 1.99. The Morgan fingerprint density at radius 2 is 2.14 bits per heavy atom. The van der Waals surface area contributed by atoms with Gasteiger partial charge in [0, 0.05) is 12.8 Å². The van der Waals surface area contributed by atoms with Gasteiger partial charge >= 0.3 is 0 Å². The normalized spacial score (nSPS) is 19.1. The summed E-state index contributed by atoms with van der Waals surface area (Å²) in [5, 5.41) is 3.40. The van der Waals surface area contributed by atoms with E-state index in [0.717, 1.165) is 35.7 Å². The highest BCUT2D eigenvalue weighted by Crippen LogP contribution is 2.36. The Labute approximate surface area is 83.6 Å². The third kappa shape index (κ3) is 1.18. The number of allylic oxidation sites excluding steroid dienone is 2. The molecular formula is C12H12NO. The molecule has 3 rings (SSSR count). The highest BCUT2D eigenvalue weighted by molar-refractivity contribution is 5.63. The number of para-hydroxylation sites is 2. The van der Waals surface area contributed by atoms with Gasteiger partial charge in [0.1, 0.15) is 11.5 Å². The predicted octanol–water partition coefficient (Wildman–Crippen LogP) is 3.09. The van der Waals surface area contributed by atoms with E-state index in [1.807, 2.05) is 24.3 Å². The molecule has 71 valence electrons. The molecule has 0 atom stereocenters. The van der Waals surface area contributed by atoms with Crippen molar-refractivity contribution in [3.05, 3.63) is 42.1 Å². The summed E-state index contributed by atoms with van der Waals surface area (Å²) in [6, 6.07) is 8.06. The number of nitrogens with one attached hydrogen (secondary N) is 1. The zero-order chi connectivity index (χ0) is 9.38. The Bertz CT molecular complexity index is 358. The van der Waals surface area contributed by atoms with Crippen molar-refractivity contribution in [2.75, 3.05) is 5.32 Å². The highest BCUT2D eigenvalue weighted by atomic mass is 16.5. The summed E-state index contributed by atoms with van der Waals surface area (Å²) in [5.41, 5.74) is 2.24. The minimum absolute atomic E-state index is 0.946. The van der Waals surface area contributed by atoms with Gasteiger partial charge in [-0.2, -0.15) is 0 Å². The first-order valence-electron chi connectivity index (χ1n) is 5.04. The summed E-state index contributed by atoms with van der Waals surface area (Å²) in [5.74, 6) is 2.04. The Hall–Kier alpha value is -1.44.